The molecule has 0 amide bonds. The Hall–Kier alpha value is -1.76. The van der Waals surface area contributed by atoms with E-state index in [1.807, 2.05) is 11.9 Å². The van der Waals surface area contributed by atoms with E-state index in [1.54, 1.807) is 48.5 Å². The van der Waals surface area contributed by atoms with E-state index >= 15 is 0 Å². The minimum absolute atomic E-state index is 0.242. The Morgan fingerprint density at radius 3 is 2.36 bits per heavy atom. The molecule has 0 aliphatic carbocycles. The number of sulfonamides is 1. The molecule has 1 N–H and O–H groups in total. The smallest absolute Gasteiger partial charge is 0.240 e. The third-order valence-electron chi connectivity index (χ3n) is 3.24. The van der Waals surface area contributed by atoms with Crippen molar-refractivity contribution in [2.45, 2.75) is 11.4 Å². The van der Waals surface area contributed by atoms with Crippen LogP contribution in [0.25, 0.3) is 0 Å². The first-order chi connectivity index (χ1) is 10.5. The van der Waals surface area contributed by atoms with Crippen molar-refractivity contribution in [1.82, 2.24) is 9.62 Å². The molecule has 4 nitrogen and oxygen atoms in total. The topological polar surface area (TPSA) is 49.4 Å². The van der Waals surface area contributed by atoms with Gasteiger partial charge in [-0.05, 0) is 25.2 Å². The standard InChI is InChI=1S/C16H19FN2O2S/c1-19(13-14-7-5-6-10-16(14)17)12-11-18-22(20,21)15-8-3-2-4-9-15/h2-10,18H,11-13H2,1H3. The van der Waals surface area contributed by atoms with Gasteiger partial charge in [-0.25, -0.2) is 17.5 Å². The quantitative estimate of drug-likeness (QED) is 0.850. The molecule has 0 radical (unpaired) electrons. The summed E-state index contributed by atoms with van der Waals surface area (Å²) in [5.41, 5.74) is 0.593. The van der Waals surface area contributed by atoms with Gasteiger partial charge in [0.2, 0.25) is 10.0 Å². The van der Waals surface area contributed by atoms with Crippen LogP contribution in [0.15, 0.2) is 59.5 Å². The molecule has 118 valence electrons. The Labute approximate surface area is 130 Å². The van der Waals surface area contributed by atoms with Crippen molar-refractivity contribution in [2.24, 2.45) is 0 Å². The Morgan fingerprint density at radius 1 is 1.05 bits per heavy atom. The molecule has 0 spiro atoms. The minimum Gasteiger partial charge on any atom is -0.301 e. The molecular weight excluding hydrogens is 303 g/mol. The van der Waals surface area contributed by atoms with Gasteiger partial charge in [-0.2, -0.15) is 0 Å². The third-order valence-corrected chi connectivity index (χ3v) is 4.71. The molecule has 2 aromatic rings. The molecule has 0 saturated carbocycles. The Balaban J connectivity index is 1.85. The Bertz CT molecular complexity index is 705. The average molecular weight is 322 g/mol. The van der Waals surface area contributed by atoms with Gasteiger partial charge in [-0.15, -0.1) is 0 Å². The minimum atomic E-state index is -3.49. The lowest BCUT2D eigenvalue weighted by Gasteiger charge is -2.17. The summed E-state index contributed by atoms with van der Waals surface area (Å²) in [6, 6.07) is 14.8. The predicted octanol–water partition coefficient (Wildman–Crippen LogP) is 2.24. The maximum absolute atomic E-state index is 13.5. The zero-order valence-electron chi connectivity index (χ0n) is 12.4. The number of benzene rings is 2. The number of halogens is 1. The number of nitrogens with one attached hydrogen (secondary N) is 1. The van der Waals surface area contributed by atoms with Crippen LogP contribution >= 0.6 is 0 Å². The van der Waals surface area contributed by atoms with Gasteiger partial charge in [0.25, 0.3) is 0 Å². The summed E-state index contributed by atoms with van der Waals surface area (Å²) < 4.78 is 40.2. The first kappa shape index (κ1) is 16.6. The van der Waals surface area contributed by atoms with E-state index < -0.39 is 10.0 Å². The zero-order chi connectivity index (χ0) is 16.0. The van der Waals surface area contributed by atoms with Crippen molar-refractivity contribution in [3.05, 3.63) is 66.0 Å². The first-order valence-corrected chi connectivity index (χ1v) is 8.44. The number of rotatable bonds is 7. The van der Waals surface area contributed by atoms with Crippen molar-refractivity contribution in [1.29, 1.82) is 0 Å². The lowest BCUT2D eigenvalue weighted by Crippen LogP contribution is -2.32. The van der Waals surface area contributed by atoms with Crippen LogP contribution in [-0.4, -0.2) is 33.5 Å². The molecule has 0 heterocycles. The fourth-order valence-corrected chi connectivity index (χ4v) is 3.09. The molecule has 0 unspecified atom stereocenters. The van der Waals surface area contributed by atoms with Gasteiger partial charge in [0.15, 0.2) is 0 Å². The van der Waals surface area contributed by atoms with Crippen LogP contribution in [0.2, 0.25) is 0 Å². The van der Waals surface area contributed by atoms with Crippen LogP contribution < -0.4 is 4.72 Å². The first-order valence-electron chi connectivity index (χ1n) is 6.96. The molecule has 6 heteroatoms. The summed E-state index contributed by atoms with van der Waals surface area (Å²) in [5.74, 6) is -0.251. The van der Waals surface area contributed by atoms with Crippen molar-refractivity contribution in [2.75, 3.05) is 20.1 Å². The van der Waals surface area contributed by atoms with Gasteiger partial charge in [-0.1, -0.05) is 36.4 Å². The number of hydrogen-bond donors (Lipinski definition) is 1. The highest BCUT2D eigenvalue weighted by Crippen LogP contribution is 2.09. The van der Waals surface area contributed by atoms with Gasteiger partial charge in [0.1, 0.15) is 5.82 Å². The second-order valence-electron chi connectivity index (χ2n) is 5.04. The molecule has 2 aromatic carbocycles. The van der Waals surface area contributed by atoms with Crippen molar-refractivity contribution in [3.63, 3.8) is 0 Å². The van der Waals surface area contributed by atoms with Gasteiger partial charge in [0.05, 0.1) is 4.90 Å². The van der Waals surface area contributed by atoms with Crippen LogP contribution in [-0.2, 0) is 16.6 Å². The molecule has 2 rings (SSSR count). The number of likely N-dealkylation sites (N-methyl/N-ethyl adjacent to an activating group) is 1. The molecule has 0 fully saturated rings. The van der Waals surface area contributed by atoms with Crippen LogP contribution in [0.4, 0.5) is 4.39 Å². The molecule has 0 aliphatic heterocycles. The summed E-state index contributed by atoms with van der Waals surface area (Å²) in [4.78, 5) is 2.11. The predicted molar refractivity (Wildman–Crippen MR) is 84.4 cm³/mol. The van der Waals surface area contributed by atoms with Crippen LogP contribution in [0.1, 0.15) is 5.56 Å². The molecule has 22 heavy (non-hydrogen) atoms. The molecule has 0 bridgehead atoms. The van der Waals surface area contributed by atoms with E-state index in [9.17, 15) is 12.8 Å². The fourth-order valence-electron chi connectivity index (χ4n) is 2.05. The van der Waals surface area contributed by atoms with Crippen molar-refractivity contribution >= 4 is 10.0 Å². The number of nitrogens with zero attached hydrogens (tertiary/aromatic N) is 1. The average Bonchev–Trinajstić information content (AvgIpc) is 2.50. The van der Waals surface area contributed by atoms with Crippen LogP contribution in [0, 0.1) is 5.82 Å². The van der Waals surface area contributed by atoms with Crippen LogP contribution in [0.3, 0.4) is 0 Å². The lowest BCUT2D eigenvalue weighted by molar-refractivity contribution is 0.326. The van der Waals surface area contributed by atoms with E-state index in [1.165, 1.54) is 6.07 Å². The highest BCUT2D eigenvalue weighted by Gasteiger charge is 2.13. The van der Waals surface area contributed by atoms with E-state index in [0.29, 0.717) is 18.7 Å². The largest absolute Gasteiger partial charge is 0.301 e. The zero-order valence-corrected chi connectivity index (χ0v) is 13.2. The molecule has 0 aliphatic rings. The summed E-state index contributed by atoms with van der Waals surface area (Å²) in [5, 5.41) is 0. The van der Waals surface area contributed by atoms with Gasteiger partial charge in [-0.3, -0.25) is 0 Å². The molecular formula is C16H19FN2O2S. The maximum Gasteiger partial charge on any atom is 0.240 e. The number of hydrogen-bond acceptors (Lipinski definition) is 3. The van der Waals surface area contributed by atoms with Gasteiger partial charge < -0.3 is 4.90 Å². The normalized spacial score (nSPS) is 11.8. The second kappa shape index (κ2) is 7.49. The molecule has 0 aromatic heterocycles. The summed E-state index contributed by atoms with van der Waals surface area (Å²) in [7, 11) is -1.67. The highest BCUT2D eigenvalue weighted by molar-refractivity contribution is 7.89. The van der Waals surface area contributed by atoms with Crippen molar-refractivity contribution in [3.8, 4) is 0 Å². The SMILES string of the molecule is CN(CCNS(=O)(=O)c1ccccc1)Cc1ccccc1F. The molecule has 0 atom stereocenters. The van der Waals surface area contributed by atoms with Gasteiger partial charge in [0, 0.05) is 25.2 Å². The van der Waals surface area contributed by atoms with E-state index in [-0.39, 0.29) is 17.3 Å². The van der Waals surface area contributed by atoms with Crippen molar-refractivity contribution < 1.29 is 12.8 Å². The molecule has 0 saturated heterocycles. The summed E-state index contributed by atoms with van der Waals surface area (Å²) in [6.45, 7) is 1.18. The maximum atomic E-state index is 13.5. The van der Waals surface area contributed by atoms with E-state index in [0.717, 1.165) is 0 Å². The summed E-state index contributed by atoms with van der Waals surface area (Å²) in [6.07, 6.45) is 0. The Morgan fingerprint density at radius 2 is 1.68 bits per heavy atom. The highest BCUT2D eigenvalue weighted by atomic mass is 32.2. The third kappa shape index (κ3) is 4.62. The van der Waals surface area contributed by atoms with E-state index in [4.69, 9.17) is 0 Å². The lowest BCUT2D eigenvalue weighted by atomic mass is 10.2. The van der Waals surface area contributed by atoms with Gasteiger partial charge >= 0.3 is 0 Å². The monoisotopic (exact) mass is 322 g/mol. The van der Waals surface area contributed by atoms with Crippen LogP contribution in [0.5, 0.6) is 0 Å². The Kier molecular flexibility index (Phi) is 5.65. The fraction of sp³-hybridized carbons (Fsp3) is 0.250. The second-order valence-corrected chi connectivity index (χ2v) is 6.81. The summed E-state index contributed by atoms with van der Waals surface area (Å²) >= 11 is 0. The van der Waals surface area contributed by atoms with E-state index in [2.05, 4.69) is 4.72 Å².